The van der Waals surface area contributed by atoms with Crippen LogP contribution in [-0.4, -0.2) is 19.3 Å². The van der Waals surface area contributed by atoms with Crippen molar-refractivity contribution in [1.82, 2.24) is 4.98 Å². The minimum atomic E-state index is -3.71. The molecule has 0 saturated carbocycles. The monoisotopic (exact) mass is 381 g/mol. The molecule has 138 valence electrons. The van der Waals surface area contributed by atoms with E-state index in [1.54, 1.807) is 36.4 Å². The average Bonchev–Trinajstić information content (AvgIpc) is 2.66. The number of carbonyl (C=O) groups is 1. The lowest BCUT2D eigenvalue weighted by Gasteiger charge is -2.11. The molecule has 0 aliphatic heterocycles. The third-order valence-corrected chi connectivity index (χ3v) is 5.52. The molecular weight excluding hydrogens is 362 g/mol. The van der Waals surface area contributed by atoms with Gasteiger partial charge in [0, 0.05) is 29.3 Å². The molecule has 1 heterocycles. The van der Waals surface area contributed by atoms with Crippen LogP contribution >= 0.6 is 0 Å². The molecule has 0 unspecified atom stereocenters. The summed E-state index contributed by atoms with van der Waals surface area (Å²) in [5, 5.41) is 2.72. The maximum absolute atomic E-state index is 12.5. The number of carbonyl (C=O) groups excluding carboxylic acids is 1. The van der Waals surface area contributed by atoms with E-state index >= 15 is 0 Å². The van der Waals surface area contributed by atoms with Gasteiger partial charge in [0.05, 0.1) is 4.90 Å². The fourth-order valence-electron chi connectivity index (χ4n) is 2.44. The number of rotatable bonds is 5. The molecule has 0 bridgehead atoms. The quantitative estimate of drug-likeness (QED) is 0.704. The topological polar surface area (TPSA) is 88.2 Å². The van der Waals surface area contributed by atoms with Gasteiger partial charge in [-0.2, -0.15) is 0 Å². The van der Waals surface area contributed by atoms with Crippen LogP contribution in [-0.2, 0) is 10.0 Å². The van der Waals surface area contributed by atoms with Gasteiger partial charge in [-0.25, -0.2) is 8.42 Å². The molecule has 7 heteroatoms. The minimum Gasteiger partial charge on any atom is -0.322 e. The number of pyridine rings is 1. The van der Waals surface area contributed by atoms with Crippen LogP contribution < -0.4 is 10.0 Å². The highest BCUT2D eigenvalue weighted by Gasteiger charge is 2.15. The molecule has 2 N–H and O–H groups in total. The summed E-state index contributed by atoms with van der Waals surface area (Å²) >= 11 is 0. The number of nitrogens with zero attached hydrogens (tertiary/aromatic N) is 1. The van der Waals surface area contributed by atoms with Gasteiger partial charge >= 0.3 is 0 Å². The first-order valence-electron chi connectivity index (χ1n) is 8.27. The summed E-state index contributed by atoms with van der Waals surface area (Å²) in [6.07, 6.45) is 3.06. The van der Waals surface area contributed by atoms with Crippen molar-refractivity contribution in [2.45, 2.75) is 18.7 Å². The standard InChI is InChI=1S/C20H19N3O3S/c1-14-3-4-18(13-15(14)2)23-27(25,26)19-7-5-17(6-8-19)22-20(24)16-9-11-21-12-10-16/h3-13,23H,1-2H3,(H,22,24). The molecule has 0 fully saturated rings. The number of sulfonamides is 1. The number of aromatic nitrogens is 1. The van der Waals surface area contributed by atoms with Crippen LogP contribution in [0.2, 0.25) is 0 Å². The van der Waals surface area contributed by atoms with Crippen molar-refractivity contribution < 1.29 is 13.2 Å². The van der Waals surface area contributed by atoms with E-state index in [-0.39, 0.29) is 10.8 Å². The highest BCUT2D eigenvalue weighted by molar-refractivity contribution is 7.92. The zero-order valence-electron chi connectivity index (χ0n) is 14.9. The van der Waals surface area contributed by atoms with Gasteiger partial charge in [0.1, 0.15) is 0 Å². The summed E-state index contributed by atoms with van der Waals surface area (Å²) in [6.45, 7) is 3.89. The van der Waals surface area contributed by atoms with Crippen molar-refractivity contribution in [3.05, 3.63) is 83.7 Å². The van der Waals surface area contributed by atoms with E-state index in [4.69, 9.17) is 0 Å². The Balaban J connectivity index is 1.73. The molecule has 0 aliphatic carbocycles. The second kappa shape index (κ2) is 7.59. The number of amides is 1. The molecule has 0 radical (unpaired) electrons. The predicted molar refractivity (Wildman–Crippen MR) is 105 cm³/mol. The third kappa shape index (κ3) is 4.51. The van der Waals surface area contributed by atoms with E-state index in [0.29, 0.717) is 16.9 Å². The van der Waals surface area contributed by atoms with E-state index in [1.807, 2.05) is 19.9 Å². The molecule has 0 spiro atoms. The average molecular weight is 381 g/mol. The molecule has 27 heavy (non-hydrogen) atoms. The molecule has 1 aromatic heterocycles. The maximum Gasteiger partial charge on any atom is 0.261 e. The Morgan fingerprint density at radius 1 is 0.852 bits per heavy atom. The van der Waals surface area contributed by atoms with Crippen LogP contribution in [0.5, 0.6) is 0 Å². The number of hydrogen-bond donors (Lipinski definition) is 2. The second-order valence-electron chi connectivity index (χ2n) is 6.12. The molecular formula is C20H19N3O3S. The highest BCUT2D eigenvalue weighted by atomic mass is 32.2. The van der Waals surface area contributed by atoms with E-state index in [9.17, 15) is 13.2 Å². The number of anilines is 2. The lowest BCUT2D eigenvalue weighted by molar-refractivity contribution is 0.102. The lowest BCUT2D eigenvalue weighted by atomic mass is 10.1. The Hall–Kier alpha value is -3.19. The van der Waals surface area contributed by atoms with Crippen molar-refractivity contribution in [3.63, 3.8) is 0 Å². The Kier molecular flexibility index (Phi) is 5.23. The second-order valence-corrected chi connectivity index (χ2v) is 7.80. The van der Waals surface area contributed by atoms with Crippen molar-refractivity contribution in [3.8, 4) is 0 Å². The first-order valence-corrected chi connectivity index (χ1v) is 9.75. The highest BCUT2D eigenvalue weighted by Crippen LogP contribution is 2.20. The fraction of sp³-hybridized carbons (Fsp3) is 0.100. The van der Waals surface area contributed by atoms with E-state index < -0.39 is 10.0 Å². The minimum absolute atomic E-state index is 0.114. The normalized spacial score (nSPS) is 11.0. The van der Waals surface area contributed by atoms with Gasteiger partial charge in [0.25, 0.3) is 15.9 Å². The van der Waals surface area contributed by atoms with Gasteiger partial charge in [-0.1, -0.05) is 6.07 Å². The Morgan fingerprint density at radius 2 is 1.48 bits per heavy atom. The van der Waals surface area contributed by atoms with Crippen molar-refractivity contribution >= 4 is 27.3 Å². The Morgan fingerprint density at radius 3 is 2.11 bits per heavy atom. The summed E-state index contributed by atoms with van der Waals surface area (Å²) in [4.78, 5) is 16.1. The van der Waals surface area contributed by atoms with Gasteiger partial charge in [0.2, 0.25) is 0 Å². The Labute approximate surface area is 158 Å². The van der Waals surface area contributed by atoms with Gasteiger partial charge in [0.15, 0.2) is 0 Å². The zero-order chi connectivity index (χ0) is 19.4. The summed E-state index contributed by atoms with van der Waals surface area (Å²) < 4.78 is 27.7. The number of benzene rings is 2. The van der Waals surface area contributed by atoms with Crippen LogP contribution in [0.3, 0.4) is 0 Å². The first kappa shape index (κ1) is 18.6. The first-order chi connectivity index (χ1) is 12.8. The predicted octanol–water partition coefficient (Wildman–Crippen LogP) is 3.75. The van der Waals surface area contributed by atoms with Crippen LogP contribution in [0.1, 0.15) is 21.5 Å². The van der Waals surface area contributed by atoms with Gasteiger partial charge in [-0.3, -0.25) is 14.5 Å². The van der Waals surface area contributed by atoms with Crippen LogP contribution in [0, 0.1) is 13.8 Å². The Bertz CT molecular complexity index is 1060. The SMILES string of the molecule is Cc1ccc(NS(=O)(=O)c2ccc(NC(=O)c3ccncc3)cc2)cc1C. The molecule has 2 aromatic carbocycles. The van der Waals surface area contributed by atoms with Crippen molar-refractivity contribution in [2.75, 3.05) is 10.0 Å². The molecule has 1 amide bonds. The number of hydrogen-bond acceptors (Lipinski definition) is 4. The van der Waals surface area contributed by atoms with Crippen LogP contribution in [0.25, 0.3) is 0 Å². The molecule has 6 nitrogen and oxygen atoms in total. The molecule has 0 aliphatic rings. The molecule has 0 atom stereocenters. The van der Waals surface area contributed by atoms with Crippen molar-refractivity contribution in [2.24, 2.45) is 0 Å². The zero-order valence-corrected chi connectivity index (χ0v) is 15.7. The molecule has 0 saturated heterocycles. The van der Waals surface area contributed by atoms with Crippen LogP contribution in [0.4, 0.5) is 11.4 Å². The number of aryl methyl sites for hydroxylation is 2. The lowest BCUT2D eigenvalue weighted by Crippen LogP contribution is -2.14. The molecule has 3 rings (SSSR count). The van der Waals surface area contributed by atoms with Gasteiger partial charge in [-0.15, -0.1) is 0 Å². The molecule has 3 aromatic rings. The van der Waals surface area contributed by atoms with E-state index in [1.165, 1.54) is 24.5 Å². The van der Waals surface area contributed by atoms with Gasteiger partial charge in [-0.05, 0) is 73.5 Å². The van der Waals surface area contributed by atoms with Crippen molar-refractivity contribution in [1.29, 1.82) is 0 Å². The van der Waals surface area contributed by atoms with E-state index in [2.05, 4.69) is 15.0 Å². The third-order valence-electron chi connectivity index (χ3n) is 4.12. The van der Waals surface area contributed by atoms with Gasteiger partial charge < -0.3 is 5.32 Å². The van der Waals surface area contributed by atoms with Crippen LogP contribution in [0.15, 0.2) is 71.9 Å². The smallest absolute Gasteiger partial charge is 0.261 e. The summed E-state index contributed by atoms with van der Waals surface area (Å²) in [5.74, 6) is -0.290. The van der Waals surface area contributed by atoms with E-state index in [0.717, 1.165) is 11.1 Å². The number of nitrogens with one attached hydrogen (secondary N) is 2. The summed E-state index contributed by atoms with van der Waals surface area (Å²) in [7, 11) is -3.71. The summed E-state index contributed by atoms with van der Waals surface area (Å²) in [6, 6.07) is 14.6. The maximum atomic E-state index is 12.5. The largest absolute Gasteiger partial charge is 0.322 e. The summed E-state index contributed by atoms with van der Waals surface area (Å²) in [5.41, 5.74) is 3.57. The fourth-order valence-corrected chi connectivity index (χ4v) is 3.49.